The zero-order chi connectivity index (χ0) is 28.9. The lowest BCUT2D eigenvalue weighted by molar-refractivity contribution is -0.136. The molecule has 0 radical (unpaired) electrons. The molecule has 2 heterocycles. The van der Waals surface area contributed by atoms with Gasteiger partial charge in [-0.15, -0.1) is 11.3 Å². The van der Waals surface area contributed by atoms with Crippen molar-refractivity contribution in [3.05, 3.63) is 51.1 Å². The van der Waals surface area contributed by atoms with E-state index in [1.54, 1.807) is 19.9 Å². The van der Waals surface area contributed by atoms with Crippen LogP contribution in [0.3, 0.4) is 0 Å². The lowest BCUT2D eigenvalue weighted by Gasteiger charge is -2.47. The molecule has 1 saturated carbocycles. The molecule has 2 aromatic rings. The fraction of sp³-hybridized carbons (Fsp3) is 0.538. The molecule has 32 heavy (non-hydrogen) atoms. The van der Waals surface area contributed by atoms with Crippen molar-refractivity contribution in [2.75, 3.05) is 0 Å². The van der Waals surface area contributed by atoms with Gasteiger partial charge in [0.05, 0.1) is 1.37 Å². The van der Waals surface area contributed by atoms with E-state index in [2.05, 4.69) is 0 Å². The summed E-state index contributed by atoms with van der Waals surface area (Å²) in [7, 11) is 0. The van der Waals surface area contributed by atoms with Crippen molar-refractivity contribution in [1.29, 1.82) is 0 Å². The van der Waals surface area contributed by atoms with Crippen LogP contribution in [0.25, 0.3) is 0 Å². The maximum Gasteiger partial charge on any atom is 0.308 e. The number of thiophene rings is 1. The molecule has 1 aliphatic heterocycles. The Labute approximate surface area is 202 Å². The molecule has 1 fully saturated rings. The number of aryl methyl sites for hydroxylation is 1. The first-order valence-electron chi connectivity index (χ1n) is 13.7. The highest BCUT2D eigenvalue weighted by Crippen LogP contribution is 2.52. The highest BCUT2D eigenvalue weighted by atomic mass is 32.1. The van der Waals surface area contributed by atoms with Crippen molar-refractivity contribution in [1.82, 2.24) is 4.90 Å². The van der Waals surface area contributed by atoms with Crippen LogP contribution >= 0.6 is 11.3 Å². The SMILES string of the molecule is [2H]c1c(OC(C)=O)sc2c1C([2H])([2H])N(C(C)(C(=O)C1C(C)C1C)c1c(F)ccc(C)c1C)C([2H])(C)C2([2H])[2H]. The Morgan fingerprint density at radius 3 is 2.56 bits per heavy atom. The number of benzene rings is 1. The molecule has 0 bridgehead atoms. The second-order valence-corrected chi connectivity index (χ2v) is 10.00. The van der Waals surface area contributed by atoms with Crippen LogP contribution < -0.4 is 4.74 Å². The number of carbonyl (C=O) groups excluding carboxylic acids is 2. The van der Waals surface area contributed by atoms with Crippen LogP contribution in [0.5, 0.6) is 5.06 Å². The highest BCUT2D eigenvalue weighted by Gasteiger charge is 2.57. The van der Waals surface area contributed by atoms with Crippen molar-refractivity contribution in [3.63, 3.8) is 0 Å². The van der Waals surface area contributed by atoms with Gasteiger partial charge in [0.25, 0.3) is 0 Å². The molecule has 0 saturated heterocycles. The van der Waals surface area contributed by atoms with Gasteiger partial charge in [0, 0.05) is 42.7 Å². The normalized spacial score (nSPS) is 35.1. The summed E-state index contributed by atoms with van der Waals surface area (Å²) in [6, 6.07) is -0.249. The monoisotopic (exact) mass is 463 g/mol. The van der Waals surface area contributed by atoms with E-state index in [-0.39, 0.29) is 27.3 Å². The number of hydrogen-bond acceptors (Lipinski definition) is 5. The summed E-state index contributed by atoms with van der Waals surface area (Å²) < 4.78 is 75.4. The van der Waals surface area contributed by atoms with E-state index in [0.29, 0.717) is 22.5 Å². The molecule has 4 atom stereocenters. The van der Waals surface area contributed by atoms with Gasteiger partial charge in [0.2, 0.25) is 0 Å². The first-order valence-corrected chi connectivity index (χ1v) is 11.5. The topological polar surface area (TPSA) is 46.6 Å². The Morgan fingerprint density at radius 2 is 1.97 bits per heavy atom. The van der Waals surface area contributed by atoms with E-state index in [9.17, 15) is 13.7 Å². The zero-order valence-electron chi connectivity index (χ0n) is 25.3. The molecule has 6 heteroatoms. The zero-order valence-corrected chi connectivity index (χ0v) is 20.2. The molecule has 0 spiro atoms. The number of halogens is 1. The van der Waals surface area contributed by atoms with Crippen LogP contribution in [0.2, 0.25) is 0 Å². The fourth-order valence-corrected chi connectivity index (χ4v) is 5.62. The summed E-state index contributed by atoms with van der Waals surface area (Å²) >= 11 is 0.596. The first-order chi connectivity index (χ1) is 17.2. The van der Waals surface area contributed by atoms with Gasteiger partial charge >= 0.3 is 5.97 Å². The predicted octanol–water partition coefficient (Wildman–Crippen LogP) is 5.56. The van der Waals surface area contributed by atoms with Crippen molar-refractivity contribution >= 4 is 23.1 Å². The van der Waals surface area contributed by atoms with Gasteiger partial charge in [0.15, 0.2) is 10.8 Å². The third-order valence-corrected chi connectivity index (χ3v) is 7.84. The van der Waals surface area contributed by atoms with Crippen LogP contribution in [0.4, 0.5) is 4.39 Å². The maximum atomic E-state index is 15.8. The molecule has 172 valence electrons. The van der Waals surface area contributed by atoms with Gasteiger partial charge in [-0.25, -0.2) is 4.39 Å². The van der Waals surface area contributed by atoms with E-state index in [0.717, 1.165) is 18.7 Å². The lowest BCUT2D eigenvalue weighted by atomic mass is 9.77. The summed E-state index contributed by atoms with van der Waals surface area (Å²) in [5, 5.41) is -0.303. The molecule has 4 unspecified atom stereocenters. The van der Waals surface area contributed by atoms with Gasteiger partial charge in [-0.2, -0.15) is 0 Å². The lowest BCUT2D eigenvalue weighted by Crippen LogP contribution is -2.56. The number of ketones is 1. The number of esters is 1. The second kappa shape index (κ2) is 8.07. The summed E-state index contributed by atoms with van der Waals surface area (Å²) in [6.45, 7) is 7.96. The number of carbonyl (C=O) groups is 2. The number of Topliss-reactive ketones (excluding diaryl/α,β-unsaturated/α-hetero) is 1. The summed E-state index contributed by atoms with van der Waals surface area (Å²) in [4.78, 5) is 26.6. The van der Waals surface area contributed by atoms with Crippen LogP contribution in [-0.2, 0) is 28.0 Å². The quantitative estimate of drug-likeness (QED) is 0.545. The molecule has 1 aliphatic carbocycles. The van der Waals surface area contributed by atoms with Crippen LogP contribution in [-0.4, -0.2) is 22.7 Å². The summed E-state index contributed by atoms with van der Waals surface area (Å²) in [5.74, 6) is -2.70. The summed E-state index contributed by atoms with van der Waals surface area (Å²) in [5.41, 5.74) is -1.62. The molecule has 0 N–H and O–H groups in total. The smallest absolute Gasteiger partial charge is 0.308 e. The van der Waals surface area contributed by atoms with E-state index in [1.165, 1.54) is 13.0 Å². The molecule has 1 aromatic carbocycles. The average Bonchev–Trinajstić information content (AvgIpc) is 3.21. The minimum Gasteiger partial charge on any atom is -0.416 e. The Hall–Kier alpha value is -2.05. The number of ether oxygens (including phenoxy) is 1. The molecule has 1 aromatic heterocycles. The average molecular weight is 464 g/mol. The molecule has 0 amide bonds. The molecular weight excluding hydrogens is 425 g/mol. The van der Waals surface area contributed by atoms with E-state index < -0.39 is 59.5 Å². The maximum absolute atomic E-state index is 15.8. The van der Waals surface area contributed by atoms with Crippen LogP contribution in [0.15, 0.2) is 18.2 Å². The standard InChI is InChI=1S/C26H32FNO3S/c1-13-8-9-20(27)24(15(13)3)26(7,25(30)23-16(4)17(23)5)28-12-19-11-22(31-18(6)29)32-21(19)10-14(28)2/h8-9,11,14,16-17,23H,10,12H2,1-7H3/i10D2,11D,12D2,14D. The minimum atomic E-state index is -2.79. The first kappa shape index (κ1) is 16.5. The summed E-state index contributed by atoms with van der Waals surface area (Å²) in [6.07, 6.45) is -2.64. The number of nitrogens with zero attached hydrogens (tertiary/aromatic N) is 1. The minimum absolute atomic E-state index is 0.0570. The fourth-order valence-electron chi connectivity index (χ4n) is 4.73. The number of rotatable bonds is 5. The van der Waals surface area contributed by atoms with E-state index >= 15 is 4.39 Å². The van der Waals surface area contributed by atoms with Crippen LogP contribution in [0.1, 0.15) is 70.0 Å². The van der Waals surface area contributed by atoms with Crippen molar-refractivity contribution in [2.24, 2.45) is 17.8 Å². The molecule has 2 aliphatic rings. The van der Waals surface area contributed by atoms with Gasteiger partial charge in [0.1, 0.15) is 11.4 Å². The molecule has 4 rings (SSSR count). The van der Waals surface area contributed by atoms with E-state index in [1.807, 2.05) is 13.8 Å². The third kappa shape index (κ3) is 3.61. The van der Waals surface area contributed by atoms with Crippen molar-refractivity contribution < 1.29 is 26.9 Å². The Kier molecular flexibility index (Phi) is 4.17. The Morgan fingerprint density at radius 1 is 1.31 bits per heavy atom. The molecular formula is C26H32FNO3S. The van der Waals surface area contributed by atoms with Gasteiger partial charge in [-0.3, -0.25) is 14.5 Å². The van der Waals surface area contributed by atoms with Gasteiger partial charge in [-0.1, -0.05) is 19.9 Å². The van der Waals surface area contributed by atoms with Crippen molar-refractivity contribution in [3.8, 4) is 5.06 Å². The van der Waals surface area contributed by atoms with Crippen molar-refractivity contribution in [2.45, 2.75) is 72.9 Å². The highest BCUT2D eigenvalue weighted by molar-refractivity contribution is 7.14. The third-order valence-electron chi connectivity index (χ3n) is 6.96. The largest absolute Gasteiger partial charge is 0.416 e. The van der Waals surface area contributed by atoms with Gasteiger partial charge in [-0.05, 0) is 74.7 Å². The van der Waals surface area contributed by atoms with Gasteiger partial charge < -0.3 is 4.74 Å². The number of fused-ring (bicyclic) bond motifs is 1. The Bertz CT molecular complexity index is 1350. The van der Waals surface area contributed by atoms with Crippen LogP contribution in [0, 0.1) is 37.4 Å². The molecule has 4 nitrogen and oxygen atoms in total. The van der Waals surface area contributed by atoms with E-state index in [4.69, 9.17) is 8.85 Å². The Balaban J connectivity index is 2.11. The second-order valence-electron chi connectivity index (χ2n) is 9.01. The predicted molar refractivity (Wildman–Crippen MR) is 124 cm³/mol. The number of hydrogen-bond donors (Lipinski definition) is 0.